The number of carbonyl (C=O) groups is 4. The SMILES string of the molecule is C=CCOc1cc2c(cc1OC)[C@@]1(CS[C@@H]3c4c(OC(C)=O)c(C)c5c(c4[C@H](COC1=O)N1C3[C@H]3c4c(cc(C)c(OC)c4OCC=C)C[C@@H]([C@@H]1C#N)N3C)OCO5)NCC2.C=CCOc1cc2c(cc1OC)[C@@]1(CS[C@@H]3c4c(OC(C)=O)c(C)c5c(c4[C@H](COC1=O)N1C3[C@H]3c4c(cc(C)c(OC)c4OCC=C)C[C@@H]([C@@H]1O)N3C)OCO5)NCC2. The van der Waals surface area contributed by atoms with Crippen LogP contribution in [0.5, 0.6) is 80.5 Å². The number of hydrogen-bond donors (Lipinski definition) is 3. The van der Waals surface area contributed by atoms with Gasteiger partial charge in [-0.2, -0.15) is 5.26 Å². The molecule has 3 N–H and O–H groups in total. The van der Waals surface area contributed by atoms with Crippen LogP contribution in [0.25, 0.3) is 0 Å². The molecule has 30 heteroatoms. The monoisotopic (exact) mass is 1690 g/mol. The van der Waals surface area contributed by atoms with Gasteiger partial charge in [0.15, 0.2) is 80.1 Å². The number of aryl methyl sites for hydroxylation is 2. The van der Waals surface area contributed by atoms with Crippen LogP contribution in [-0.4, -0.2) is 205 Å². The zero-order valence-corrected chi connectivity index (χ0v) is 71.6. The lowest BCUT2D eigenvalue weighted by Crippen LogP contribution is -2.70. The predicted octanol–water partition coefficient (Wildman–Crippen LogP) is 10.8. The van der Waals surface area contributed by atoms with Gasteiger partial charge in [0.25, 0.3) is 0 Å². The Labute approximate surface area is 711 Å². The molecule has 4 saturated heterocycles. The number of carbonyl (C=O) groups excluding carboxylic acids is 4. The molecular formula is C91H101N7O21S2. The number of benzene rings is 6. The van der Waals surface area contributed by atoms with Crippen molar-refractivity contribution in [2.75, 3.05) is 120 Å². The minimum absolute atomic E-state index is 0.0445. The van der Waals surface area contributed by atoms with Gasteiger partial charge in [0.1, 0.15) is 63.4 Å². The summed E-state index contributed by atoms with van der Waals surface area (Å²) in [5.41, 5.74) is 10.6. The normalized spacial score (nSPS) is 27.2. The van der Waals surface area contributed by atoms with Crippen LogP contribution in [0.2, 0.25) is 0 Å². The molecule has 0 amide bonds. The zero-order valence-electron chi connectivity index (χ0n) is 70.0. The molecule has 14 atom stereocenters. The van der Waals surface area contributed by atoms with Crippen molar-refractivity contribution < 1.29 is 100 Å². The highest BCUT2D eigenvalue weighted by molar-refractivity contribution is 7.99. The Morgan fingerprint density at radius 3 is 1.36 bits per heavy atom. The van der Waals surface area contributed by atoms with Gasteiger partial charge < -0.3 is 80.9 Å². The summed E-state index contributed by atoms with van der Waals surface area (Å²) in [6.45, 7) is 27.6. The molecule has 14 heterocycles. The van der Waals surface area contributed by atoms with Crippen molar-refractivity contribution in [1.29, 1.82) is 5.26 Å². The second kappa shape index (κ2) is 32.8. The first kappa shape index (κ1) is 83.0. The van der Waals surface area contributed by atoms with Crippen LogP contribution in [0, 0.1) is 39.0 Å². The lowest BCUT2D eigenvalue weighted by molar-refractivity contribution is -0.186. The van der Waals surface area contributed by atoms with Gasteiger partial charge in [-0.3, -0.25) is 39.8 Å². The number of ether oxygens (including phenoxy) is 16. The molecule has 638 valence electrons. The smallest absolute Gasteiger partial charge is 0.331 e. The first-order chi connectivity index (χ1) is 58.5. The molecule has 0 saturated carbocycles. The van der Waals surface area contributed by atoms with E-state index in [2.05, 4.69) is 81.8 Å². The topological polar surface area (TPSA) is 297 Å². The van der Waals surface area contributed by atoms with Gasteiger partial charge in [0.05, 0.1) is 75.2 Å². The average Bonchev–Trinajstić information content (AvgIpc) is 0.853. The van der Waals surface area contributed by atoms with Crippen LogP contribution < -0.4 is 76.9 Å². The Morgan fingerprint density at radius 1 is 0.529 bits per heavy atom. The van der Waals surface area contributed by atoms with Crippen LogP contribution in [0.3, 0.4) is 0 Å². The third-order valence-corrected chi connectivity index (χ3v) is 29.0. The first-order valence-electron chi connectivity index (χ1n) is 40.7. The fourth-order valence-electron chi connectivity index (χ4n) is 21.2. The molecule has 8 bridgehead atoms. The predicted molar refractivity (Wildman–Crippen MR) is 449 cm³/mol. The van der Waals surface area contributed by atoms with Crippen LogP contribution in [-0.2, 0) is 65.4 Å². The molecule has 0 radical (unpaired) electrons. The fourth-order valence-corrected chi connectivity index (χ4v) is 24.6. The second-order valence-electron chi connectivity index (χ2n) is 32.3. The van der Waals surface area contributed by atoms with Crippen LogP contribution in [0.4, 0.5) is 0 Å². The number of piperazine rings is 2. The number of likely N-dealkylation sites (N-methyl/N-ethyl adjacent to an activating group) is 2. The van der Waals surface area contributed by atoms with E-state index in [1.165, 1.54) is 13.8 Å². The van der Waals surface area contributed by atoms with Crippen molar-refractivity contribution in [1.82, 2.24) is 30.2 Å². The molecule has 0 aromatic heterocycles. The van der Waals surface area contributed by atoms with Gasteiger partial charge in [0.2, 0.25) is 13.6 Å². The molecule has 2 spiro atoms. The highest BCUT2D eigenvalue weighted by atomic mass is 32.2. The maximum absolute atomic E-state index is 15.0. The Bertz CT molecular complexity index is 5340. The maximum Gasteiger partial charge on any atom is 0.331 e. The summed E-state index contributed by atoms with van der Waals surface area (Å²) < 4.78 is 99.2. The fraction of sp³-hybridized carbons (Fsp3) is 0.462. The van der Waals surface area contributed by atoms with E-state index >= 15 is 4.79 Å². The van der Waals surface area contributed by atoms with Gasteiger partial charge in [-0.15, -0.1) is 23.5 Å². The van der Waals surface area contributed by atoms with Crippen molar-refractivity contribution in [2.24, 2.45) is 0 Å². The van der Waals surface area contributed by atoms with Crippen LogP contribution >= 0.6 is 23.5 Å². The number of fused-ring (bicyclic) bond motifs is 18. The largest absolute Gasteiger partial charge is 0.493 e. The van der Waals surface area contributed by atoms with E-state index in [4.69, 9.17) is 75.8 Å². The van der Waals surface area contributed by atoms with Crippen LogP contribution in [0.15, 0.2) is 87.0 Å². The molecule has 6 aromatic rings. The number of esters is 4. The molecule has 14 aliphatic rings. The van der Waals surface area contributed by atoms with E-state index in [1.54, 1.807) is 76.3 Å². The quantitative estimate of drug-likeness (QED) is 0.0409. The summed E-state index contributed by atoms with van der Waals surface area (Å²) >= 11 is 3.10. The number of rotatable bonds is 18. The number of nitrogens with zero attached hydrogens (tertiary/aromatic N) is 5. The van der Waals surface area contributed by atoms with Gasteiger partial charge in [-0.25, -0.2) is 9.59 Å². The molecule has 0 aliphatic carbocycles. The third kappa shape index (κ3) is 13.1. The highest BCUT2D eigenvalue weighted by Crippen LogP contribution is 2.68. The molecule has 28 nitrogen and oxygen atoms in total. The summed E-state index contributed by atoms with van der Waals surface area (Å²) in [6.07, 6.45) is 8.11. The Balaban J connectivity index is 0.000000172. The summed E-state index contributed by atoms with van der Waals surface area (Å²) in [7, 11) is 10.5. The standard InChI is InChI=1S/C46H50N4O10S.C45H51N3O11S/c1-9-13-55-33-17-26-11-12-48-46(28(26)18-32(33)53-7)21-61-44-36-35(43-41(58-22-59-43)24(4)40(36)60-25(5)51)31(20-57-45(46)52)50-30(19-47)29-16-27-15-23(3)39(54-8)42(56-14-10-2)34(27)37(38(44)50)49(29)6;1-9-13-54-31-17-25-11-12-46-45(27(25)18-30(31)52-7)20-60-42-34-33(41-39(57-21-58-41)23(4)38(34)59-24(5)49)29(19-56-44(45)51)48-36(42)35-32-26(16-28(43(48)50)47(35)6)15-22(3)37(53-8)40(32)55-14-10-2/h9-10,15,17-18,29-31,37-38,44,48H,1-2,11-14,16,20-22H2,3-8H3;9-10,15,17-18,28-29,35-36,42-43,46,50H,1-2,11-14,16,19-21H2,3-8H3/t29-,30-,31-,37+,38?,44+,46+;28-,29-,35+,36?,42+,43-,45+/m00/s1. The van der Waals surface area contributed by atoms with Crippen molar-refractivity contribution >= 4 is 47.4 Å². The number of hydrogen-bond acceptors (Lipinski definition) is 30. The summed E-state index contributed by atoms with van der Waals surface area (Å²) in [5.74, 6) is 5.67. The van der Waals surface area contributed by atoms with Crippen molar-refractivity contribution in [3.63, 3.8) is 0 Å². The van der Waals surface area contributed by atoms with E-state index < -0.39 is 81.9 Å². The Hall–Kier alpha value is -10.3. The summed E-state index contributed by atoms with van der Waals surface area (Å²) in [6, 6.07) is 10.2. The van der Waals surface area contributed by atoms with Crippen molar-refractivity contribution in [3.05, 3.63) is 176 Å². The van der Waals surface area contributed by atoms with Gasteiger partial charge in [-0.1, -0.05) is 62.8 Å². The lowest BCUT2D eigenvalue weighted by atomic mass is 9.71. The minimum Gasteiger partial charge on any atom is -0.493 e. The number of nitriles is 1. The van der Waals surface area contributed by atoms with E-state index in [9.17, 15) is 24.8 Å². The van der Waals surface area contributed by atoms with Crippen molar-refractivity contribution in [2.45, 2.75) is 149 Å². The molecule has 121 heavy (non-hydrogen) atoms. The van der Waals surface area contributed by atoms with E-state index in [0.717, 1.165) is 66.8 Å². The zero-order chi connectivity index (χ0) is 85.1. The molecular weight excluding hydrogens is 1590 g/mol. The number of methoxy groups -OCH3 is 4. The Kier molecular flexibility index (Phi) is 22.5. The average molecular weight is 1690 g/mol. The van der Waals surface area contributed by atoms with Crippen LogP contribution in [0.1, 0.15) is 138 Å². The number of thioether (sulfide) groups is 2. The van der Waals surface area contributed by atoms with E-state index in [-0.39, 0.29) is 88.9 Å². The molecule has 6 aromatic carbocycles. The summed E-state index contributed by atoms with van der Waals surface area (Å²) in [5, 5.41) is 30.2. The second-order valence-corrected chi connectivity index (χ2v) is 34.6. The van der Waals surface area contributed by atoms with Gasteiger partial charge in [-0.05, 0) is 136 Å². The minimum atomic E-state index is -1.32. The molecule has 4 fully saturated rings. The van der Waals surface area contributed by atoms with Crippen molar-refractivity contribution in [3.8, 4) is 86.6 Å². The third-order valence-electron chi connectivity index (χ3n) is 26.0. The first-order valence-corrected chi connectivity index (χ1v) is 42.8. The number of aliphatic hydroxyl groups is 1. The van der Waals surface area contributed by atoms with Gasteiger partial charge in [0, 0.05) is 101 Å². The van der Waals surface area contributed by atoms with Gasteiger partial charge >= 0.3 is 23.9 Å². The molecule has 2 unspecified atom stereocenters. The number of nitrogens with one attached hydrogen (secondary N) is 2. The maximum atomic E-state index is 15.0. The molecule has 20 rings (SSSR count). The van der Waals surface area contributed by atoms with E-state index in [0.29, 0.717) is 142 Å². The van der Waals surface area contributed by atoms with E-state index in [1.807, 2.05) is 59.0 Å². The lowest BCUT2D eigenvalue weighted by Gasteiger charge is -2.62. The highest BCUT2D eigenvalue weighted by Gasteiger charge is 2.65. The molecule has 14 aliphatic heterocycles. The Morgan fingerprint density at radius 2 is 0.942 bits per heavy atom. The summed E-state index contributed by atoms with van der Waals surface area (Å²) in [4.78, 5) is 65.1. The number of aliphatic hydroxyl groups excluding tert-OH is 1.